The maximum atomic E-state index is 12.8. The molecule has 2 saturated carbocycles. The first-order valence-corrected chi connectivity index (χ1v) is 10.7. The molecule has 3 aromatic rings. The fourth-order valence-corrected chi connectivity index (χ4v) is 4.54. The Morgan fingerprint density at radius 1 is 1.20 bits per heavy atom. The zero-order chi connectivity index (χ0) is 20.2. The first-order valence-electron chi connectivity index (χ1n) is 10.7. The molecule has 1 N–H and O–H groups in total. The van der Waals surface area contributed by atoms with Gasteiger partial charge in [0.2, 0.25) is 0 Å². The second kappa shape index (κ2) is 6.77. The molecule has 6 rings (SSSR count). The summed E-state index contributed by atoms with van der Waals surface area (Å²) in [6, 6.07) is 8.16. The molecule has 0 atom stereocenters. The Hall–Kier alpha value is -3.00. The second-order valence-electron chi connectivity index (χ2n) is 8.69. The van der Waals surface area contributed by atoms with E-state index in [4.69, 9.17) is 4.52 Å². The van der Waals surface area contributed by atoms with Crippen molar-refractivity contribution in [2.45, 2.75) is 44.8 Å². The molecular formula is C22H24N6O2. The molecular weight excluding hydrogens is 380 g/mol. The fourth-order valence-electron chi connectivity index (χ4n) is 4.54. The summed E-state index contributed by atoms with van der Waals surface area (Å²) in [6.07, 6.45) is 7.06. The predicted octanol–water partition coefficient (Wildman–Crippen LogP) is 2.79. The topological polar surface area (TPSA) is 89.1 Å². The minimum atomic E-state index is -0.0122. The summed E-state index contributed by atoms with van der Waals surface area (Å²) in [5.41, 5.74) is 2.97. The highest BCUT2D eigenvalue weighted by atomic mass is 16.5. The van der Waals surface area contributed by atoms with Gasteiger partial charge in [0.05, 0.1) is 30.0 Å². The maximum Gasteiger partial charge on any atom is 0.278 e. The van der Waals surface area contributed by atoms with E-state index in [9.17, 15) is 4.79 Å². The van der Waals surface area contributed by atoms with Crippen LogP contribution in [0.15, 0.2) is 35.1 Å². The van der Waals surface area contributed by atoms with Crippen LogP contribution in [0.1, 0.15) is 47.6 Å². The number of fused-ring (bicyclic) bond motifs is 3. The zero-order valence-corrected chi connectivity index (χ0v) is 16.9. The average Bonchev–Trinajstić information content (AvgIpc) is 3.69. The molecule has 154 valence electrons. The molecule has 1 aromatic carbocycles. The van der Waals surface area contributed by atoms with Crippen LogP contribution >= 0.6 is 0 Å². The molecule has 1 amide bonds. The first-order chi connectivity index (χ1) is 14.7. The van der Waals surface area contributed by atoms with E-state index in [2.05, 4.69) is 20.4 Å². The van der Waals surface area contributed by atoms with Crippen LogP contribution in [0.3, 0.4) is 0 Å². The van der Waals surface area contributed by atoms with E-state index in [1.807, 2.05) is 28.8 Å². The van der Waals surface area contributed by atoms with Crippen LogP contribution in [-0.4, -0.2) is 43.6 Å². The monoisotopic (exact) mass is 404 g/mol. The molecule has 2 fully saturated rings. The number of imidazole rings is 1. The van der Waals surface area contributed by atoms with Crippen LogP contribution in [-0.2, 0) is 13.1 Å². The smallest absolute Gasteiger partial charge is 0.278 e. The molecule has 0 saturated heterocycles. The van der Waals surface area contributed by atoms with Crippen LogP contribution in [0.4, 0.5) is 0 Å². The lowest BCUT2D eigenvalue weighted by molar-refractivity contribution is 0.0788. The molecule has 0 radical (unpaired) electrons. The molecule has 3 heterocycles. The van der Waals surface area contributed by atoms with Gasteiger partial charge in [-0.1, -0.05) is 17.3 Å². The summed E-state index contributed by atoms with van der Waals surface area (Å²) in [5.74, 6) is 2.68. The highest BCUT2D eigenvalue weighted by Gasteiger charge is 2.41. The normalized spacial score (nSPS) is 18.5. The first kappa shape index (κ1) is 17.8. The Balaban J connectivity index is 1.28. The summed E-state index contributed by atoms with van der Waals surface area (Å²) in [6.45, 7) is 1.03. The van der Waals surface area contributed by atoms with Gasteiger partial charge in [-0.05, 0) is 49.7 Å². The summed E-state index contributed by atoms with van der Waals surface area (Å²) in [7, 11) is 1.80. The van der Waals surface area contributed by atoms with E-state index in [-0.39, 0.29) is 5.91 Å². The summed E-state index contributed by atoms with van der Waals surface area (Å²) in [5, 5.41) is 7.83. The predicted molar refractivity (Wildman–Crippen MR) is 109 cm³/mol. The number of aromatic nitrogens is 4. The van der Waals surface area contributed by atoms with Crippen molar-refractivity contribution in [3.63, 3.8) is 0 Å². The van der Waals surface area contributed by atoms with E-state index in [0.717, 1.165) is 23.2 Å². The van der Waals surface area contributed by atoms with Gasteiger partial charge in [0, 0.05) is 13.1 Å². The zero-order valence-electron chi connectivity index (χ0n) is 16.9. The number of hydrogen-bond acceptors (Lipinski definition) is 6. The molecule has 8 heteroatoms. The lowest BCUT2D eigenvalue weighted by Crippen LogP contribution is -2.32. The van der Waals surface area contributed by atoms with Crippen molar-refractivity contribution >= 4 is 5.91 Å². The van der Waals surface area contributed by atoms with E-state index in [1.165, 1.54) is 25.7 Å². The van der Waals surface area contributed by atoms with Gasteiger partial charge < -0.3 is 14.7 Å². The van der Waals surface area contributed by atoms with Gasteiger partial charge in [-0.15, -0.1) is 0 Å². The number of para-hydroxylation sites is 1. The SMILES string of the molecule is CN1Cc2c(-c3nc(CNC(C4CC4)C4CC4)no3)ncn2-c2ccccc2C1=O. The summed E-state index contributed by atoms with van der Waals surface area (Å²) >= 11 is 0. The molecule has 2 aliphatic carbocycles. The van der Waals surface area contributed by atoms with Crippen LogP contribution in [0.5, 0.6) is 0 Å². The molecule has 1 aliphatic heterocycles. The van der Waals surface area contributed by atoms with Gasteiger partial charge in [0.15, 0.2) is 11.5 Å². The third-order valence-corrected chi connectivity index (χ3v) is 6.42. The lowest BCUT2D eigenvalue weighted by atomic mass is 10.1. The number of carbonyl (C=O) groups excluding carboxylic acids is 1. The quantitative estimate of drug-likeness (QED) is 0.680. The summed E-state index contributed by atoms with van der Waals surface area (Å²) < 4.78 is 7.52. The van der Waals surface area contributed by atoms with E-state index in [1.54, 1.807) is 18.3 Å². The number of benzene rings is 1. The molecule has 2 aromatic heterocycles. The van der Waals surface area contributed by atoms with E-state index < -0.39 is 0 Å². The Labute approximate surface area is 174 Å². The number of nitrogens with zero attached hydrogens (tertiary/aromatic N) is 5. The Bertz CT molecular complexity index is 1100. The van der Waals surface area contributed by atoms with Crippen LogP contribution in [0.2, 0.25) is 0 Å². The molecule has 0 spiro atoms. The molecule has 0 unspecified atom stereocenters. The minimum absolute atomic E-state index is 0.0122. The minimum Gasteiger partial charge on any atom is -0.336 e. The number of carbonyl (C=O) groups is 1. The largest absolute Gasteiger partial charge is 0.336 e. The summed E-state index contributed by atoms with van der Waals surface area (Å²) in [4.78, 5) is 23.6. The Morgan fingerprint density at radius 3 is 2.73 bits per heavy atom. The van der Waals surface area contributed by atoms with Gasteiger partial charge in [-0.2, -0.15) is 4.98 Å². The molecule has 0 bridgehead atoms. The van der Waals surface area contributed by atoms with Gasteiger partial charge >= 0.3 is 0 Å². The van der Waals surface area contributed by atoms with Crippen molar-refractivity contribution in [3.8, 4) is 17.3 Å². The number of amides is 1. The van der Waals surface area contributed by atoms with Crippen molar-refractivity contribution in [1.29, 1.82) is 0 Å². The van der Waals surface area contributed by atoms with Crippen LogP contribution in [0.25, 0.3) is 17.3 Å². The second-order valence-corrected chi connectivity index (χ2v) is 8.69. The fraction of sp³-hybridized carbons (Fsp3) is 0.455. The van der Waals surface area contributed by atoms with Crippen molar-refractivity contribution in [2.24, 2.45) is 11.8 Å². The number of nitrogens with one attached hydrogen (secondary N) is 1. The van der Waals surface area contributed by atoms with Gasteiger partial charge in [0.1, 0.15) is 6.33 Å². The highest BCUT2D eigenvalue weighted by molar-refractivity contribution is 5.98. The molecule has 3 aliphatic rings. The Kier molecular flexibility index (Phi) is 4.02. The number of rotatable bonds is 6. The Morgan fingerprint density at radius 2 is 1.97 bits per heavy atom. The van der Waals surface area contributed by atoms with E-state index in [0.29, 0.717) is 42.1 Å². The number of hydrogen-bond donors (Lipinski definition) is 1. The van der Waals surface area contributed by atoms with Gasteiger partial charge in [0.25, 0.3) is 11.8 Å². The maximum absolute atomic E-state index is 12.8. The third kappa shape index (κ3) is 3.02. The van der Waals surface area contributed by atoms with Crippen molar-refractivity contribution in [2.75, 3.05) is 7.05 Å². The standard InChI is InChI=1S/C22H24N6O2/c1-27-11-17-20(24-12-28(17)16-5-3-2-4-15(16)22(27)29)21-25-18(26-30-21)10-23-19(13-6-7-13)14-8-9-14/h2-5,12-14,19,23H,6-11H2,1H3. The van der Waals surface area contributed by atoms with Crippen molar-refractivity contribution in [1.82, 2.24) is 29.9 Å². The van der Waals surface area contributed by atoms with Crippen LogP contribution < -0.4 is 5.32 Å². The average molecular weight is 404 g/mol. The van der Waals surface area contributed by atoms with E-state index >= 15 is 0 Å². The molecule has 8 nitrogen and oxygen atoms in total. The van der Waals surface area contributed by atoms with Gasteiger partial charge in [-0.25, -0.2) is 4.98 Å². The highest BCUT2D eigenvalue weighted by Crippen LogP contribution is 2.44. The third-order valence-electron chi connectivity index (χ3n) is 6.42. The molecule has 30 heavy (non-hydrogen) atoms. The van der Waals surface area contributed by atoms with Crippen molar-refractivity contribution < 1.29 is 9.32 Å². The van der Waals surface area contributed by atoms with Gasteiger partial charge in [-0.3, -0.25) is 9.36 Å². The van der Waals surface area contributed by atoms with Crippen LogP contribution in [0, 0.1) is 11.8 Å². The van der Waals surface area contributed by atoms with Crippen molar-refractivity contribution in [3.05, 3.63) is 47.7 Å². The lowest BCUT2D eigenvalue weighted by Gasteiger charge is -2.15.